The Morgan fingerprint density at radius 3 is 2.22 bits per heavy atom. The Morgan fingerprint density at radius 2 is 1.67 bits per heavy atom. The van der Waals surface area contributed by atoms with Gasteiger partial charge < -0.3 is 5.32 Å². The quantitative estimate of drug-likeness (QED) is 0.737. The summed E-state index contributed by atoms with van der Waals surface area (Å²) < 4.78 is 40.6. The number of hydrogen-bond acceptors (Lipinski definition) is 3. The van der Waals surface area contributed by atoms with E-state index in [0.717, 1.165) is 30.5 Å². The molecule has 1 amide bonds. The van der Waals surface area contributed by atoms with Gasteiger partial charge in [0.2, 0.25) is 10.0 Å². The van der Waals surface area contributed by atoms with E-state index in [-0.39, 0.29) is 10.5 Å². The molecule has 0 saturated heterocycles. The summed E-state index contributed by atoms with van der Waals surface area (Å²) in [5.41, 5.74) is 1.37. The Morgan fingerprint density at radius 1 is 1.04 bits per heavy atom. The monoisotopic (exact) mass is 392 g/mol. The molecule has 0 spiro atoms. The van der Waals surface area contributed by atoms with E-state index in [9.17, 15) is 17.6 Å². The van der Waals surface area contributed by atoms with Gasteiger partial charge in [0, 0.05) is 18.8 Å². The van der Waals surface area contributed by atoms with Crippen LogP contribution < -0.4 is 5.32 Å². The molecule has 1 N–H and O–H groups in total. The Kier molecular flexibility index (Phi) is 7.10. The second kappa shape index (κ2) is 9.10. The van der Waals surface area contributed by atoms with Crippen LogP contribution in [0.3, 0.4) is 0 Å². The lowest BCUT2D eigenvalue weighted by Gasteiger charge is -2.19. The molecule has 0 fully saturated rings. The molecule has 5 nitrogen and oxygen atoms in total. The van der Waals surface area contributed by atoms with Gasteiger partial charge in [-0.05, 0) is 42.3 Å². The molecule has 0 atom stereocenters. The van der Waals surface area contributed by atoms with Crippen molar-refractivity contribution in [2.24, 2.45) is 0 Å². The van der Waals surface area contributed by atoms with Crippen molar-refractivity contribution in [1.29, 1.82) is 0 Å². The SMILES string of the molecule is CCCc1ccc(NC(=O)c2cc(S(=O)(=O)N(CC)CC)ccc2F)cc1. The first-order valence-electron chi connectivity index (χ1n) is 9.03. The van der Waals surface area contributed by atoms with E-state index in [1.807, 2.05) is 12.1 Å². The van der Waals surface area contributed by atoms with Gasteiger partial charge >= 0.3 is 0 Å². The third-order valence-electron chi connectivity index (χ3n) is 4.28. The summed E-state index contributed by atoms with van der Waals surface area (Å²) in [6.45, 7) is 6.11. The highest BCUT2D eigenvalue weighted by atomic mass is 32.2. The molecule has 27 heavy (non-hydrogen) atoms. The Balaban J connectivity index is 2.28. The van der Waals surface area contributed by atoms with Crippen molar-refractivity contribution < 1.29 is 17.6 Å². The van der Waals surface area contributed by atoms with E-state index >= 15 is 0 Å². The van der Waals surface area contributed by atoms with Crippen molar-refractivity contribution >= 4 is 21.6 Å². The molecule has 0 bridgehead atoms. The van der Waals surface area contributed by atoms with Gasteiger partial charge in [-0.25, -0.2) is 12.8 Å². The first-order valence-corrected chi connectivity index (χ1v) is 10.5. The number of amides is 1. The van der Waals surface area contributed by atoms with E-state index in [2.05, 4.69) is 12.2 Å². The van der Waals surface area contributed by atoms with Gasteiger partial charge in [-0.3, -0.25) is 4.79 Å². The van der Waals surface area contributed by atoms with Crippen molar-refractivity contribution in [3.05, 3.63) is 59.4 Å². The van der Waals surface area contributed by atoms with E-state index in [0.29, 0.717) is 18.8 Å². The number of nitrogens with one attached hydrogen (secondary N) is 1. The predicted octanol–water partition coefficient (Wildman–Crippen LogP) is 4.06. The molecular formula is C20H25FN2O3S. The Hall–Kier alpha value is -2.25. The molecule has 7 heteroatoms. The predicted molar refractivity (Wildman–Crippen MR) is 105 cm³/mol. The number of nitrogens with zero attached hydrogens (tertiary/aromatic N) is 1. The molecule has 0 radical (unpaired) electrons. The van der Waals surface area contributed by atoms with Gasteiger partial charge in [0.05, 0.1) is 10.5 Å². The molecule has 2 rings (SSSR count). The second-order valence-corrected chi connectivity index (χ2v) is 8.07. The maximum atomic E-state index is 14.2. The zero-order valence-electron chi connectivity index (χ0n) is 15.8. The molecule has 0 heterocycles. The average Bonchev–Trinajstić information content (AvgIpc) is 2.64. The first kappa shape index (κ1) is 21.1. The third kappa shape index (κ3) is 4.93. The fourth-order valence-electron chi connectivity index (χ4n) is 2.79. The number of hydrogen-bond donors (Lipinski definition) is 1. The smallest absolute Gasteiger partial charge is 0.258 e. The molecule has 0 aliphatic rings. The van der Waals surface area contributed by atoms with Crippen LogP contribution in [0.25, 0.3) is 0 Å². The minimum absolute atomic E-state index is 0.101. The summed E-state index contributed by atoms with van der Waals surface area (Å²) in [7, 11) is -3.77. The van der Waals surface area contributed by atoms with Crippen molar-refractivity contribution in [3.63, 3.8) is 0 Å². The summed E-state index contributed by atoms with van der Waals surface area (Å²) in [5.74, 6) is -1.46. The van der Waals surface area contributed by atoms with Crippen LogP contribution in [-0.2, 0) is 16.4 Å². The van der Waals surface area contributed by atoms with Crippen molar-refractivity contribution in [2.45, 2.75) is 38.5 Å². The topological polar surface area (TPSA) is 66.5 Å². The van der Waals surface area contributed by atoms with E-state index in [1.54, 1.807) is 26.0 Å². The summed E-state index contributed by atoms with van der Waals surface area (Å²) in [4.78, 5) is 12.4. The molecule has 0 aromatic heterocycles. The fourth-order valence-corrected chi connectivity index (χ4v) is 4.28. The van der Waals surface area contributed by atoms with Crippen LogP contribution in [0.4, 0.5) is 10.1 Å². The standard InChI is InChI=1S/C20H25FN2O3S/c1-4-7-15-8-10-16(11-9-15)22-20(24)18-14-17(12-13-19(18)21)27(25,26)23(5-2)6-3/h8-14H,4-7H2,1-3H3,(H,22,24). The number of benzene rings is 2. The van der Waals surface area contributed by atoms with Gasteiger partial charge in [0.15, 0.2) is 0 Å². The lowest BCUT2D eigenvalue weighted by molar-refractivity contribution is 0.102. The van der Waals surface area contributed by atoms with E-state index in [1.165, 1.54) is 10.4 Å². The molecule has 0 unspecified atom stereocenters. The maximum absolute atomic E-state index is 14.2. The molecule has 0 aliphatic heterocycles. The number of carbonyl (C=O) groups excluding carboxylic acids is 1. The van der Waals surface area contributed by atoms with Crippen LogP contribution in [0.2, 0.25) is 0 Å². The highest BCUT2D eigenvalue weighted by Crippen LogP contribution is 2.20. The molecule has 0 saturated carbocycles. The first-order chi connectivity index (χ1) is 12.8. The van der Waals surface area contributed by atoms with Crippen LogP contribution >= 0.6 is 0 Å². The van der Waals surface area contributed by atoms with Gasteiger partial charge in [-0.15, -0.1) is 0 Å². The number of rotatable bonds is 8. The third-order valence-corrected chi connectivity index (χ3v) is 6.32. The zero-order chi connectivity index (χ0) is 20.0. The normalized spacial score (nSPS) is 11.6. The maximum Gasteiger partial charge on any atom is 0.258 e. The average molecular weight is 392 g/mol. The number of carbonyl (C=O) groups is 1. The van der Waals surface area contributed by atoms with Gasteiger partial charge in [0.25, 0.3) is 5.91 Å². The van der Waals surface area contributed by atoms with Crippen LogP contribution in [-0.4, -0.2) is 31.7 Å². The van der Waals surface area contributed by atoms with Crippen LogP contribution in [0, 0.1) is 5.82 Å². The number of anilines is 1. The van der Waals surface area contributed by atoms with E-state index < -0.39 is 21.7 Å². The van der Waals surface area contributed by atoms with E-state index in [4.69, 9.17) is 0 Å². The summed E-state index contributed by atoms with van der Waals surface area (Å²) in [5, 5.41) is 2.62. The zero-order valence-corrected chi connectivity index (χ0v) is 16.6. The molecule has 2 aromatic rings. The van der Waals surface area contributed by atoms with Crippen molar-refractivity contribution in [1.82, 2.24) is 4.31 Å². The highest BCUT2D eigenvalue weighted by molar-refractivity contribution is 7.89. The summed E-state index contributed by atoms with van der Waals surface area (Å²) in [6.07, 6.45) is 1.96. The van der Waals surface area contributed by atoms with Gasteiger partial charge in [-0.2, -0.15) is 4.31 Å². The fraction of sp³-hybridized carbons (Fsp3) is 0.350. The number of sulfonamides is 1. The largest absolute Gasteiger partial charge is 0.322 e. The minimum atomic E-state index is -3.77. The highest BCUT2D eigenvalue weighted by Gasteiger charge is 2.24. The minimum Gasteiger partial charge on any atom is -0.322 e. The van der Waals surface area contributed by atoms with Gasteiger partial charge in [-0.1, -0.05) is 39.3 Å². The van der Waals surface area contributed by atoms with Crippen molar-refractivity contribution in [3.8, 4) is 0 Å². The van der Waals surface area contributed by atoms with Crippen LogP contribution in [0.15, 0.2) is 47.4 Å². The lowest BCUT2D eigenvalue weighted by Crippen LogP contribution is -2.31. The number of halogens is 1. The van der Waals surface area contributed by atoms with Crippen molar-refractivity contribution in [2.75, 3.05) is 18.4 Å². The van der Waals surface area contributed by atoms with Crippen LogP contribution in [0.5, 0.6) is 0 Å². The van der Waals surface area contributed by atoms with Gasteiger partial charge in [0.1, 0.15) is 5.82 Å². The summed E-state index contributed by atoms with van der Waals surface area (Å²) >= 11 is 0. The number of aryl methyl sites for hydroxylation is 1. The lowest BCUT2D eigenvalue weighted by atomic mass is 10.1. The Labute approximate surface area is 160 Å². The van der Waals surface area contributed by atoms with Crippen LogP contribution in [0.1, 0.15) is 43.1 Å². The molecule has 146 valence electrons. The summed E-state index contributed by atoms with van der Waals surface area (Å²) in [6, 6.07) is 10.6. The Bertz CT molecular complexity index is 892. The second-order valence-electron chi connectivity index (χ2n) is 6.13. The molecule has 0 aliphatic carbocycles. The molecular weight excluding hydrogens is 367 g/mol. The molecule has 2 aromatic carbocycles.